The number of sulfone groups is 1. The van der Waals surface area contributed by atoms with Crippen LogP contribution in [0.15, 0.2) is 76.0 Å². The molecule has 1 aliphatic heterocycles. The van der Waals surface area contributed by atoms with Gasteiger partial charge in [-0.3, -0.25) is 5.01 Å². The molecule has 0 saturated heterocycles. The van der Waals surface area contributed by atoms with Crippen molar-refractivity contribution in [2.75, 3.05) is 5.01 Å². The first-order valence-corrected chi connectivity index (χ1v) is 8.26. The Bertz CT molecular complexity index is 728. The predicted molar refractivity (Wildman–Crippen MR) is 81.4 cm³/mol. The molecule has 6 heteroatoms. The third kappa shape index (κ3) is 2.45. The van der Waals surface area contributed by atoms with E-state index in [2.05, 4.69) is 4.83 Å². The second kappa shape index (κ2) is 5.32. The Hall–Kier alpha value is -1.76. The molecule has 1 aliphatic rings. The summed E-state index contributed by atoms with van der Waals surface area (Å²) in [7, 11) is -3.46. The van der Waals surface area contributed by atoms with Crippen molar-refractivity contribution in [1.29, 1.82) is 0 Å². The molecule has 20 heavy (non-hydrogen) atoms. The monoisotopic (exact) mass is 304 g/mol. The van der Waals surface area contributed by atoms with Crippen LogP contribution in [0.25, 0.3) is 0 Å². The maximum absolute atomic E-state index is 12.5. The van der Waals surface area contributed by atoms with Crippen LogP contribution in [0, 0.1) is 0 Å². The standard InChI is InChI=1S/C14H12N2O2S2/c17-20(18,13-9-5-2-6-10-13)14-11-16(15-19-14)12-7-3-1-4-8-12/h1-11,15H. The molecule has 102 valence electrons. The molecule has 1 heterocycles. The van der Waals surface area contributed by atoms with Gasteiger partial charge in [-0.15, -0.1) is 0 Å². The zero-order valence-electron chi connectivity index (χ0n) is 10.4. The highest BCUT2D eigenvalue weighted by Gasteiger charge is 2.27. The third-order valence-corrected chi connectivity index (χ3v) is 5.86. The Morgan fingerprint density at radius 3 is 2.15 bits per heavy atom. The van der Waals surface area contributed by atoms with E-state index in [1.54, 1.807) is 41.5 Å². The molecule has 0 radical (unpaired) electrons. The van der Waals surface area contributed by atoms with E-state index in [1.165, 1.54) is 0 Å². The van der Waals surface area contributed by atoms with Gasteiger partial charge in [-0.05, 0) is 36.2 Å². The van der Waals surface area contributed by atoms with E-state index in [4.69, 9.17) is 0 Å². The van der Waals surface area contributed by atoms with E-state index in [9.17, 15) is 8.42 Å². The summed E-state index contributed by atoms with van der Waals surface area (Å²) in [5.74, 6) is 0. The van der Waals surface area contributed by atoms with Crippen molar-refractivity contribution in [3.05, 3.63) is 71.1 Å². The molecule has 2 aromatic rings. The summed E-state index contributed by atoms with van der Waals surface area (Å²) in [6, 6.07) is 18.0. The summed E-state index contributed by atoms with van der Waals surface area (Å²) in [4.78, 5) is 3.28. The maximum atomic E-state index is 12.5. The van der Waals surface area contributed by atoms with Crippen LogP contribution in [-0.2, 0) is 9.84 Å². The van der Waals surface area contributed by atoms with Gasteiger partial charge in [0.15, 0.2) is 0 Å². The molecule has 0 aromatic heterocycles. The first-order valence-electron chi connectivity index (χ1n) is 5.97. The van der Waals surface area contributed by atoms with Crippen molar-refractivity contribution in [3.63, 3.8) is 0 Å². The van der Waals surface area contributed by atoms with E-state index < -0.39 is 9.84 Å². The lowest BCUT2D eigenvalue weighted by atomic mass is 10.3. The number of nitrogens with one attached hydrogen (secondary N) is 1. The normalized spacial score (nSPS) is 15.2. The SMILES string of the molecule is O=S(=O)(C1=CN(c2ccccc2)NS1)c1ccccc1. The Morgan fingerprint density at radius 2 is 1.50 bits per heavy atom. The lowest BCUT2D eigenvalue weighted by Crippen LogP contribution is -2.22. The summed E-state index contributed by atoms with van der Waals surface area (Å²) < 4.78 is 25.2. The minimum absolute atomic E-state index is 0.285. The molecule has 0 unspecified atom stereocenters. The first-order chi connectivity index (χ1) is 9.68. The zero-order valence-corrected chi connectivity index (χ0v) is 12.1. The first kappa shape index (κ1) is 13.2. The Morgan fingerprint density at radius 1 is 0.900 bits per heavy atom. The van der Waals surface area contributed by atoms with Crippen LogP contribution >= 0.6 is 11.9 Å². The Kier molecular flexibility index (Phi) is 3.52. The number of rotatable bonds is 3. The number of para-hydroxylation sites is 1. The van der Waals surface area contributed by atoms with E-state index >= 15 is 0 Å². The zero-order chi connectivity index (χ0) is 14.0. The molecule has 0 amide bonds. The predicted octanol–water partition coefficient (Wildman–Crippen LogP) is 2.93. The minimum atomic E-state index is -3.46. The van der Waals surface area contributed by atoms with Crippen LogP contribution in [0.2, 0.25) is 0 Å². The van der Waals surface area contributed by atoms with Crippen LogP contribution in [0.5, 0.6) is 0 Å². The van der Waals surface area contributed by atoms with Crippen LogP contribution in [0.3, 0.4) is 0 Å². The van der Waals surface area contributed by atoms with Crippen LogP contribution in [-0.4, -0.2) is 8.42 Å². The smallest absolute Gasteiger partial charge is 0.215 e. The second-order valence-corrected chi connectivity index (χ2v) is 7.17. The highest BCUT2D eigenvalue weighted by atomic mass is 32.3. The minimum Gasteiger partial charge on any atom is -0.272 e. The van der Waals surface area contributed by atoms with E-state index in [-0.39, 0.29) is 4.24 Å². The number of nitrogens with zero attached hydrogens (tertiary/aromatic N) is 1. The molecule has 4 nitrogen and oxygen atoms in total. The fraction of sp³-hybridized carbons (Fsp3) is 0. The van der Waals surface area contributed by atoms with Crippen molar-refractivity contribution < 1.29 is 8.42 Å². The van der Waals surface area contributed by atoms with Crippen LogP contribution in [0.4, 0.5) is 5.69 Å². The van der Waals surface area contributed by atoms with Gasteiger partial charge in [-0.1, -0.05) is 36.4 Å². The van der Waals surface area contributed by atoms with E-state index in [0.717, 1.165) is 17.6 Å². The summed E-state index contributed by atoms with van der Waals surface area (Å²) in [6.45, 7) is 0. The summed E-state index contributed by atoms with van der Waals surface area (Å²) in [6.07, 6.45) is 1.60. The van der Waals surface area contributed by atoms with Gasteiger partial charge < -0.3 is 0 Å². The van der Waals surface area contributed by atoms with E-state index in [0.29, 0.717) is 4.90 Å². The average molecular weight is 304 g/mol. The molecule has 0 fully saturated rings. The lowest BCUT2D eigenvalue weighted by Gasteiger charge is -2.13. The van der Waals surface area contributed by atoms with Crippen LogP contribution < -0.4 is 9.84 Å². The average Bonchev–Trinajstić information content (AvgIpc) is 3.00. The topological polar surface area (TPSA) is 49.4 Å². The molecule has 2 aromatic carbocycles. The van der Waals surface area contributed by atoms with Gasteiger partial charge >= 0.3 is 0 Å². The van der Waals surface area contributed by atoms with Crippen molar-refractivity contribution in [1.82, 2.24) is 4.83 Å². The molecular formula is C14H12N2O2S2. The number of anilines is 1. The van der Waals surface area contributed by atoms with Crippen molar-refractivity contribution in [2.45, 2.75) is 4.90 Å². The highest BCUT2D eigenvalue weighted by molar-refractivity contribution is 8.18. The summed E-state index contributed by atoms with van der Waals surface area (Å²) >= 11 is 1.10. The largest absolute Gasteiger partial charge is 0.272 e. The van der Waals surface area contributed by atoms with E-state index in [1.807, 2.05) is 30.3 Å². The Labute approximate surface area is 122 Å². The fourth-order valence-electron chi connectivity index (χ4n) is 1.81. The molecule has 3 rings (SSSR count). The van der Waals surface area contributed by atoms with Gasteiger partial charge in [-0.2, -0.15) is 4.83 Å². The Balaban J connectivity index is 1.93. The lowest BCUT2D eigenvalue weighted by molar-refractivity contribution is 0.604. The highest BCUT2D eigenvalue weighted by Crippen LogP contribution is 2.32. The van der Waals surface area contributed by atoms with Gasteiger partial charge in [0.1, 0.15) is 4.24 Å². The van der Waals surface area contributed by atoms with Gasteiger partial charge in [0.25, 0.3) is 0 Å². The maximum Gasteiger partial charge on any atom is 0.215 e. The molecule has 0 atom stereocenters. The van der Waals surface area contributed by atoms with Gasteiger partial charge in [0.05, 0.1) is 10.6 Å². The number of benzene rings is 2. The molecule has 0 spiro atoms. The van der Waals surface area contributed by atoms with Crippen molar-refractivity contribution in [3.8, 4) is 0 Å². The molecule has 0 bridgehead atoms. The fourth-order valence-corrected chi connectivity index (χ4v) is 4.14. The van der Waals surface area contributed by atoms with Gasteiger partial charge in [0, 0.05) is 6.20 Å². The van der Waals surface area contributed by atoms with Gasteiger partial charge in [0.2, 0.25) is 9.84 Å². The summed E-state index contributed by atoms with van der Waals surface area (Å²) in [5, 5.41) is 1.69. The van der Waals surface area contributed by atoms with Crippen molar-refractivity contribution in [2.24, 2.45) is 0 Å². The number of hydrogen-bond acceptors (Lipinski definition) is 5. The summed E-state index contributed by atoms with van der Waals surface area (Å²) in [5.41, 5.74) is 0.887. The third-order valence-electron chi connectivity index (χ3n) is 2.83. The number of hydrazine groups is 1. The van der Waals surface area contributed by atoms with Gasteiger partial charge in [-0.25, -0.2) is 8.42 Å². The molecule has 0 aliphatic carbocycles. The van der Waals surface area contributed by atoms with Crippen molar-refractivity contribution >= 4 is 27.5 Å². The molecule has 1 N–H and O–H groups in total. The number of hydrogen-bond donors (Lipinski definition) is 1. The van der Waals surface area contributed by atoms with Crippen LogP contribution in [0.1, 0.15) is 0 Å². The second-order valence-electron chi connectivity index (χ2n) is 4.16. The quantitative estimate of drug-likeness (QED) is 0.884. The molecule has 0 saturated carbocycles. The molecular weight excluding hydrogens is 292 g/mol.